The molecule has 0 aliphatic heterocycles. The van der Waals surface area contributed by atoms with Crippen LogP contribution in [0.4, 0.5) is 13.2 Å². The second kappa shape index (κ2) is 5.99. The summed E-state index contributed by atoms with van der Waals surface area (Å²) in [6.07, 6.45) is 2.37. The molecule has 0 saturated carbocycles. The Morgan fingerprint density at radius 2 is 1.77 bits per heavy atom. The summed E-state index contributed by atoms with van der Waals surface area (Å²) in [6.45, 7) is 3.61. The second-order valence-electron chi connectivity index (χ2n) is 4.66. The number of aryl methyl sites for hydroxylation is 2. The maximum absolute atomic E-state index is 12.6. The van der Waals surface area contributed by atoms with Crippen LogP contribution in [-0.2, 0) is 11.2 Å². The number of nitrogens with zero attached hydrogens (tertiary/aromatic N) is 2. The lowest BCUT2D eigenvalue weighted by molar-refractivity contribution is -0.0435. The summed E-state index contributed by atoms with van der Waals surface area (Å²) in [5.41, 5.74) is -2.87. The fourth-order valence-electron chi connectivity index (χ4n) is 2.23. The van der Waals surface area contributed by atoms with Crippen LogP contribution in [0.15, 0.2) is 33.9 Å². The number of alkyl halides is 3. The van der Waals surface area contributed by atoms with Crippen LogP contribution < -0.4 is 0 Å². The van der Waals surface area contributed by atoms with Crippen LogP contribution >= 0.6 is 15.9 Å². The lowest BCUT2D eigenvalue weighted by Crippen LogP contribution is -2.23. The average molecular weight is 391 g/mol. The van der Waals surface area contributed by atoms with Gasteiger partial charge >= 0.3 is 5.51 Å². The summed E-state index contributed by atoms with van der Waals surface area (Å²) in [4.78, 5) is -0.531. The van der Waals surface area contributed by atoms with Crippen LogP contribution in [0.25, 0.3) is 5.69 Å². The Morgan fingerprint density at radius 3 is 2.23 bits per heavy atom. The van der Waals surface area contributed by atoms with Crippen molar-refractivity contribution in [1.82, 2.24) is 4.57 Å². The molecule has 116 valence electrons. The first-order valence-corrected chi connectivity index (χ1v) is 7.97. The molecule has 0 fully saturated rings. The van der Waals surface area contributed by atoms with Gasteiger partial charge in [0.1, 0.15) is 22.8 Å². The molecule has 0 aliphatic rings. The van der Waals surface area contributed by atoms with Gasteiger partial charge in [-0.3, -0.25) is 0 Å². The van der Waals surface area contributed by atoms with Gasteiger partial charge in [-0.1, -0.05) is 15.9 Å². The van der Waals surface area contributed by atoms with Gasteiger partial charge < -0.3 is 9.12 Å². The van der Waals surface area contributed by atoms with E-state index in [0.717, 1.165) is 21.8 Å². The van der Waals surface area contributed by atoms with Crippen molar-refractivity contribution < 1.29 is 17.7 Å². The Bertz CT molecular complexity index is 741. The number of aromatic nitrogens is 1. The molecule has 1 aromatic heterocycles. The van der Waals surface area contributed by atoms with Crippen molar-refractivity contribution in [2.24, 2.45) is 0 Å². The fraction of sp³-hybridized carbons (Fsp3) is 0.214. The minimum Gasteiger partial charge on any atom is -0.604 e. The Balaban J connectivity index is 2.61. The van der Waals surface area contributed by atoms with Crippen LogP contribution in [0, 0.1) is 25.2 Å². The molecule has 1 unspecified atom stereocenters. The van der Waals surface area contributed by atoms with E-state index >= 15 is 0 Å². The summed E-state index contributed by atoms with van der Waals surface area (Å²) >= 11 is 0.108. The highest BCUT2D eigenvalue weighted by Crippen LogP contribution is 2.34. The Morgan fingerprint density at radius 1 is 1.23 bits per heavy atom. The first kappa shape index (κ1) is 16.9. The lowest BCUT2D eigenvalue weighted by Gasteiger charge is -2.12. The van der Waals surface area contributed by atoms with Crippen LogP contribution in [0.5, 0.6) is 0 Å². The molecule has 0 N–H and O–H groups in total. The molecule has 0 aliphatic carbocycles. The molecule has 0 saturated heterocycles. The molecular weight excluding hydrogens is 381 g/mol. The van der Waals surface area contributed by atoms with Crippen LogP contribution in [0.3, 0.4) is 0 Å². The predicted molar refractivity (Wildman–Crippen MR) is 80.1 cm³/mol. The summed E-state index contributed by atoms with van der Waals surface area (Å²) < 4.78 is 51.7. The number of rotatable bonds is 2. The molecule has 0 bridgehead atoms. The summed E-state index contributed by atoms with van der Waals surface area (Å²) in [5, 5.41) is 9.00. The third kappa shape index (κ3) is 3.16. The topological polar surface area (TPSA) is 51.8 Å². The van der Waals surface area contributed by atoms with Gasteiger partial charge in [0.25, 0.3) is 0 Å². The van der Waals surface area contributed by atoms with Crippen molar-refractivity contribution in [1.29, 1.82) is 5.26 Å². The van der Waals surface area contributed by atoms with Crippen LogP contribution in [0.2, 0.25) is 0 Å². The van der Waals surface area contributed by atoms with Gasteiger partial charge in [0, 0.05) is 10.7 Å². The smallest absolute Gasteiger partial charge is 0.578 e. The monoisotopic (exact) mass is 390 g/mol. The standard InChI is InChI=1S/C14H10BrF3N2OS/c1-8-3-11(15)4-9(2)13(8)20-6-10(5-19)12(7-20)22(21)14(16,17)18/h3-4,6-7H,1-2H3. The van der Waals surface area contributed by atoms with E-state index < -0.39 is 21.6 Å². The van der Waals surface area contributed by atoms with Crippen molar-refractivity contribution >= 4 is 27.1 Å². The van der Waals surface area contributed by atoms with Gasteiger partial charge in [0.2, 0.25) is 0 Å². The summed E-state index contributed by atoms with van der Waals surface area (Å²) in [7, 11) is 0. The SMILES string of the molecule is Cc1cc(Br)cc(C)c1-n1cc(C#N)c([S+]([O-])C(F)(F)F)c1. The predicted octanol–water partition coefficient (Wildman–Crippen LogP) is 4.36. The molecule has 1 atom stereocenters. The highest BCUT2D eigenvalue weighted by atomic mass is 79.9. The second-order valence-corrected chi connectivity index (χ2v) is 7.01. The van der Waals surface area contributed by atoms with Gasteiger partial charge in [0.05, 0.1) is 11.9 Å². The van der Waals surface area contributed by atoms with E-state index in [2.05, 4.69) is 15.9 Å². The number of hydrogen-bond acceptors (Lipinski definition) is 2. The van der Waals surface area contributed by atoms with E-state index in [1.807, 2.05) is 12.1 Å². The molecule has 2 aromatic rings. The van der Waals surface area contributed by atoms with E-state index in [1.165, 1.54) is 10.8 Å². The highest BCUT2D eigenvalue weighted by molar-refractivity contribution is 9.10. The zero-order valence-corrected chi connectivity index (χ0v) is 13.9. The molecule has 1 heterocycles. The molecule has 0 spiro atoms. The third-order valence-electron chi connectivity index (χ3n) is 3.03. The van der Waals surface area contributed by atoms with Crippen molar-refractivity contribution in [3.05, 3.63) is 45.7 Å². The Hall–Kier alpha value is -1.43. The molecule has 2 rings (SSSR count). The largest absolute Gasteiger partial charge is 0.604 e. The van der Waals surface area contributed by atoms with Crippen molar-refractivity contribution in [3.63, 3.8) is 0 Å². The highest BCUT2D eigenvalue weighted by Gasteiger charge is 2.48. The van der Waals surface area contributed by atoms with Gasteiger partial charge in [-0.05, 0) is 37.1 Å². The maximum atomic E-state index is 12.6. The molecule has 1 aromatic carbocycles. The first-order valence-electron chi connectivity index (χ1n) is 6.03. The van der Waals surface area contributed by atoms with E-state index in [4.69, 9.17) is 5.26 Å². The molecule has 8 heteroatoms. The first-order chi connectivity index (χ1) is 10.1. The molecule has 0 radical (unpaired) electrons. The molecule has 22 heavy (non-hydrogen) atoms. The summed E-state index contributed by atoms with van der Waals surface area (Å²) in [6, 6.07) is 5.29. The normalized spacial score (nSPS) is 13.0. The van der Waals surface area contributed by atoms with Gasteiger partial charge in [-0.2, -0.15) is 5.26 Å². The zero-order chi connectivity index (χ0) is 16.7. The fourth-order valence-corrected chi connectivity index (χ4v) is 3.68. The summed E-state index contributed by atoms with van der Waals surface area (Å²) in [5.74, 6) is 0. The zero-order valence-electron chi connectivity index (χ0n) is 11.5. The van der Waals surface area contributed by atoms with Gasteiger partial charge in [-0.25, -0.2) is 0 Å². The van der Waals surface area contributed by atoms with Crippen molar-refractivity contribution in [2.45, 2.75) is 24.3 Å². The van der Waals surface area contributed by atoms with Crippen molar-refractivity contribution in [2.75, 3.05) is 0 Å². The minimum absolute atomic E-state index is 0.252. The average Bonchev–Trinajstić information content (AvgIpc) is 2.79. The quantitative estimate of drug-likeness (QED) is 0.715. The van der Waals surface area contributed by atoms with E-state index in [1.54, 1.807) is 19.9 Å². The molecule has 3 nitrogen and oxygen atoms in total. The number of benzene rings is 1. The maximum Gasteiger partial charge on any atom is 0.578 e. The van der Waals surface area contributed by atoms with Crippen LogP contribution in [0.1, 0.15) is 16.7 Å². The van der Waals surface area contributed by atoms with Crippen molar-refractivity contribution in [3.8, 4) is 11.8 Å². The molecular formula is C14H10BrF3N2OS. The van der Waals surface area contributed by atoms with Crippen LogP contribution in [-0.4, -0.2) is 14.6 Å². The Labute approximate surface area is 136 Å². The minimum atomic E-state index is -4.90. The number of nitriles is 1. The van der Waals surface area contributed by atoms with E-state index in [0.29, 0.717) is 5.69 Å². The Kier molecular flexibility index (Phi) is 4.61. The van der Waals surface area contributed by atoms with E-state index in [9.17, 15) is 17.7 Å². The third-order valence-corrected chi connectivity index (χ3v) is 4.64. The molecule has 0 amide bonds. The number of halogens is 4. The number of hydrogen-bond donors (Lipinski definition) is 0. The van der Waals surface area contributed by atoms with E-state index in [-0.39, 0.29) is 5.56 Å². The van der Waals surface area contributed by atoms with Gasteiger partial charge in [-0.15, -0.1) is 13.2 Å². The van der Waals surface area contributed by atoms with Gasteiger partial charge in [0.15, 0.2) is 4.90 Å². The lowest BCUT2D eigenvalue weighted by atomic mass is 10.1.